The molecule has 3 aromatic carbocycles. The van der Waals surface area contributed by atoms with Crippen LogP contribution >= 0.6 is 15.9 Å². The number of nitrogens with zero attached hydrogens (tertiary/aromatic N) is 1. The van der Waals surface area contributed by atoms with E-state index in [0.717, 1.165) is 26.9 Å². The number of benzene rings is 3. The minimum Gasteiger partial charge on any atom is -0.484 e. The first-order chi connectivity index (χ1) is 17.3. The van der Waals surface area contributed by atoms with E-state index in [2.05, 4.69) is 26.6 Å². The summed E-state index contributed by atoms with van der Waals surface area (Å²) in [5.74, 6) is -0.361. The third-order valence-electron chi connectivity index (χ3n) is 6.09. The smallest absolute Gasteiger partial charge is 0.262 e. The summed E-state index contributed by atoms with van der Waals surface area (Å²) in [6.45, 7) is 4.49. The van der Waals surface area contributed by atoms with Crippen LogP contribution in [0.3, 0.4) is 0 Å². The van der Waals surface area contributed by atoms with Crippen molar-refractivity contribution in [1.29, 1.82) is 0 Å². The number of rotatable bonds is 8. The molecule has 186 valence electrons. The molecule has 1 atom stereocenters. The third-order valence-corrected chi connectivity index (χ3v) is 6.54. The van der Waals surface area contributed by atoms with Gasteiger partial charge in [0.05, 0.1) is 5.92 Å². The summed E-state index contributed by atoms with van der Waals surface area (Å²) in [6.07, 6.45) is 0.175. The van der Waals surface area contributed by atoms with Crippen LogP contribution in [-0.4, -0.2) is 30.9 Å². The molecular weight excluding hydrogens is 522 g/mol. The molecule has 0 saturated carbocycles. The summed E-state index contributed by atoms with van der Waals surface area (Å²) in [4.78, 5) is 39.2. The first-order valence-electron chi connectivity index (χ1n) is 11.7. The molecule has 1 aliphatic heterocycles. The lowest BCUT2D eigenvalue weighted by Crippen LogP contribution is -2.32. The van der Waals surface area contributed by atoms with Crippen molar-refractivity contribution in [2.75, 3.05) is 23.4 Å². The zero-order valence-electron chi connectivity index (χ0n) is 20.2. The second kappa shape index (κ2) is 11.4. The van der Waals surface area contributed by atoms with Gasteiger partial charge in [-0.15, -0.1) is 0 Å². The van der Waals surface area contributed by atoms with E-state index < -0.39 is 5.92 Å². The Hall–Kier alpha value is -3.65. The van der Waals surface area contributed by atoms with E-state index in [4.69, 9.17) is 4.74 Å². The molecular formula is C28H28BrN3O4. The number of nitrogens with one attached hydrogen (secondary N) is 2. The van der Waals surface area contributed by atoms with Crippen molar-refractivity contribution in [1.82, 2.24) is 5.32 Å². The fourth-order valence-electron chi connectivity index (χ4n) is 4.22. The Kier molecular flexibility index (Phi) is 8.05. The predicted molar refractivity (Wildman–Crippen MR) is 143 cm³/mol. The Morgan fingerprint density at radius 1 is 1.03 bits per heavy atom. The molecule has 1 fully saturated rings. The van der Waals surface area contributed by atoms with Crippen LogP contribution in [0.15, 0.2) is 71.2 Å². The number of anilines is 2. The topological polar surface area (TPSA) is 87.7 Å². The second-order valence-corrected chi connectivity index (χ2v) is 9.77. The molecule has 0 bridgehead atoms. The minimum atomic E-state index is -0.397. The van der Waals surface area contributed by atoms with Gasteiger partial charge < -0.3 is 20.3 Å². The predicted octanol–water partition coefficient (Wildman–Crippen LogP) is 4.75. The molecule has 8 heteroatoms. The van der Waals surface area contributed by atoms with Crippen LogP contribution < -0.4 is 20.3 Å². The van der Waals surface area contributed by atoms with Crippen LogP contribution in [0.1, 0.15) is 23.1 Å². The highest BCUT2D eigenvalue weighted by Crippen LogP contribution is 2.28. The largest absolute Gasteiger partial charge is 0.484 e. The van der Waals surface area contributed by atoms with Crippen molar-refractivity contribution in [3.05, 3.63) is 87.9 Å². The van der Waals surface area contributed by atoms with Crippen molar-refractivity contribution < 1.29 is 19.1 Å². The highest BCUT2D eigenvalue weighted by Gasteiger charge is 2.35. The van der Waals surface area contributed by atoms with Crippen molar-refractivity contribution in [2.45, 2.75) is 26.8 Å². The van der Waals surface area contributed by atoms with Crippen LogP contribution in [0.5, 0.6) is 5.75 Å². The minimum absolute atomic E-state index is 0.0943. The van der Waals surface area contributed by atoms with Crippen molar-refractivity contribution >= 4 is 45.0 Å². The Morgan fingerprint density at radius 2 is 1.69 bits per heavy atom. The average Bonchev–Trinajstić information content (AvgIpc) is 3.26. The van der Waals surface area contributed by atoms with E-state index in [1.165, 1.54) is 0 Å². The molecule has 0 unspecified atom stereocenters. The van der Waals surface area contributed by atoms with Gasteiger partial charge >= 0.3 is 0 Å². The number of hydrogen-bond acceptors (Lipinski definition) is 4. The van der Waals surface area contributed by atoms with Gasteiger partial charge in [-0.1, -0.05) is 46.3 Å². The normalized spacial score (nSPS) is 15.0. The van der Waals surface area contributed by atoms with E-state index in [-0.39, 0.29) is 30.7 Å². The Bertz CT molecular complexity index is 1240. The van der Waals surface area contributed by atoms with Gasteiger partial charge in [0.25, 0.3) is 5.91 Å². The molecule has 1 aliphatic rings. The summed E-state index contributed by atoms with van der Waals surface area (Å²) < 4.78 is 6.59. The van der Waals surface area contributed by atoms with E-state index in [1.807, 2.05) is 56.3 Å². The van der Waals surface area contributed by atoms with E-state index in [9.17, 15) is 14.4 Å². The highest BCUT2D eigenvalue weighted by molar-refractivity contribution is 9.10. The molecule has 0 aromatic heterocycles. The molecule has 0 radical (unpaired) electrons. The van der Waals surface area contributed by atoms with Crippen LogP contribution in [0.2, 0.25) is 0 Å². The number of carbonyl (C=O) groups excluding carboxylic acids is 3. The zero-order chi connectivity index (χ0) is 25.7. The maximum absolute atomic E-state index is 12.6. The number of carbonyl (C=O) groups is 3. The van der Waals surface area contributed by atoms with Gasteiger partial charge in [-0.3, -0.25) is 14.4 Å². The molecule has 3 amide bonds. The second-order valence-electron chi connectivity index (χ2n) is 8.85. The molecule has 4 rings (SSSR count). The van der Waals surface area contributed by atoms with Gasteiger partial charge in [0.2, 0.25) is 11.8 Å². The summed E-state index contributed by atoms with van der Waals surface area (Å²) in [6, 6.07) is 20.5. The highest BCUT2D eigenvalue weighted by atomic mass is 79.9. The molecule has 0 spiro atoms. The first kappa shape index (κ1) is 25.4. The monoisotopic (exact) mass is 549 g/mol. The Morgan fingerprint density at radius 3 is 2.36 bits per heavy atom. The lowest BCUT2D eigenvalue weighted by atomic mass is 10.1. The van der Waals surface area contributed by atoms with Gasteiger partial charge in [-0.2, -0.15) is 0 Å². The molecule has 1 heterocycles. The Balaban J connectivity index is 1.28. The van der Waals surface area contributed by atoms with Gasteiger partial charge in [0, 0.05) is 35.4 Å². The standard InChI is InChI=1S/C28H28BrN3O4/c1-18-12-22(29)13-19(2)27(18)31-25(33)17-36-24-10-8-23(9-11-24)32-16-21(14-26(32)34)28(35)30-15-20-6-4-3-5-7-20/h3-13,21H,14-17H2,1-2H3,(H,30,35)(H,31,33)/t21-/m1/s1. The fourth-order valence-corrected chi connectivity index (χ4v) is 4.90. The van der Waals surface area contributed by atoms with E-state index in [0.29, 0.717) is 24.5 Å². The maximum Gasteiger partial charge on any atom is 0.262 e. The number of amides is 3. The summed E-state index contributed by atoms with van der Waals surface area (Å²) in [5, 5.41) is 5.82. The van der Waals surface area contributed by atoms with Crippen LogP contribution in [0, 0.1) is 19.8 Å². The van der Waals surface area contributed by atoms with E-state index >= 15 is 0 Å². The third kappa shape index (κ3) is 6.31. The van der Waals surface area contributed by atoms with Gasteiger partial charge in [-0.25, -0.2) is 0 Å². The molecule has 1 saturated heterocycles. The quantitative estimate of drug-likeness (QED) is 0.424. The van der Waals surface area contributed by atoms with E-state index in [1.54, 1.807) is 29.2 Å². The average molecular weight is 550 g/mol. The molecule has 7 nitrogen and oxygen atoms in total. The SMILES string of the molecule is Cc1cc(Br)cc(C)c1NC(=O)COc1ccc(N2C[C@H](C(=O)NCc3ccccc3)CC2=O)cc1. The van der Waals surface area contributed by atoms with Crippen LogP contribution in [0.4, 0.5) is 11.4 Å². The fraction of sp³-hybridized carbons (Fsp3) is 0.250. The lowest BCUT2D eigenvalue weighted by molar-refractivity contribution is -0.126. The molecule has 2 N–H and O–H groups in total. The number of halogens is 1. The van der Waals surface area contributed by atoms with Gasteiger partial charge in [0.15, 0.2) is 6.61 Å². The molecule has 0 aliphatic carbocycles. The zero-order valence-corrected chi connectivity index (χ0v) is 21.8. The van der Waals surface area contributed by atoms with Gasteiger partial charge in [-0.05, 0) is 66.9 Å². The molecule has 36 heavy (non-hydrogen) atoms. The van der Waals surface area contributed by atoms with Crippen molar-refractivity contribution in [3.8, 4) is 5.75 Å². The van der Waals surface area contributed by atoms with Crippen LogP contribution in [-0.2, 0) is 20.9 Å². The molecule has 3 aromatic rings. The van der Waals surface area contributed by atoms with Crippen molar-refractivity contribution in [2.24, 2.45) is 5.92 Å². The number of aryl methyl sites for hydroxylation is 2. The number of ether oxygens (including phenoxy) is 1. The van der Waals surface area contributed by atoms with Gasteiger partial charge in [0.1, 0.15) is 5.75 Å². The maximum atomic E-state index is 12.6. The summed E-state index contributed by atoms with van der Waals surface area (Å²) in [7, 11) is 0. The summed E-state index contributed by atoms with van der Waals surface area (Å²) >= 11 is 3.45. The summed E-state index contributed by atoms with van der Waals surface area (Å²) in [5.41, 5.74) is 4.40. The number of hydrogen-bond donors (Lipinski definition) is 2. The Labute approximate surface area is 219 Å². The lowest BCUT2D eigenvalue weighted by Gasteiger charge is -2.17. The van der Waals surface area contributed by atoms with Crippen LogP contribution in [0.25, 0.3) is 0 Å². The first-order valence-corrected chi connectivity index (χ1v) is 12.5. The van der Waals surface area contributed by atoms with Crippen molar-refractivity contribution in [3.63, 3.8) is 0 Å².